The quantitative estimate of drug-likeness (QED) is 0.265. The summed E-state index contributed by atoms with van der Waals surface area (Å²) in [5.41, 5.74) is 1.73. The molecule has 0 aliphatic carbocycles. The highest BCUT2D eigenvalue weighted by Crippen LogP contribution is 2.42. The van der Waals surface area contributed by atoms with Crippen molar-refractivity contribution in [3.05, 3.63) is 94.3 Å². The number of nitrogens with zero attached hydrogens (tertiary/aromatic N) is 2. The van der Waals surface area contributed by atoms with Gasteiger partial charge in [-0.25, -0.2) is 0 Å². The molecular formula is C27H25ClN2O5. The second-order valence-corrected chi connectivity index (χ2v) is 8.49. The Balaban J connectivity index is 1.85. The number of amides is 1. The van der Waals surface area contributed by atoms with Gasteiger partial charge in [-0.2, -0.15) is 0 Å². The molecule has 4 rings (SSSR count). The number of halogens is 1. The lowest BCUT2D eigenvalue weighted by Gasteiger charge is -2.26. The molecule has 0 bridgehead atoms. The molecule has 0 spiro atoms. The number of benzene rings is 2. The third-order valence-electron chi connectivity index (χ3n) is 5.70. The second-order valence-electron chi connectivity index (χ2n) is 8.05. The highest BCUT2D eigenvalue weighted by atomic mass is 35.5. The molecule has 1 saturated heterocycles. The number of hydrogen-bond donors (Lipinski definition) is 1. The van der Waals surface area contributed by atoms with Gasteiger partial charge < -0.3 is 19.5 Å². The number of ether oxygens (including phenoxy) is 2. The van der Waals surface area contributed by atoms with Gasteiger partial charge in [0, 0.05) is 29.5 Å². The number of aromatic nitrogens is 1. The van der Waals surface area contributed by atoms with Crippen LogP contribution in [0.2, 0.25) is 5.02 Å². The summed E-state index contributed by atoms with van der Waals surface area (Å²) in [6, 6.07) is 14.4. The highest BCUT2D eigenvalue weighted by Gasteiger charge is 2.46. The Hall–Kier alpha value is -3.84. The van der Waals surface area contributed by atoms with E-state index in [2.05, 4.69) is 4.98 Å². The summed E-state index contributed by atoms with van der Waals surface area (Å²) in [4.78, 5) is 32.0. The zero-order valence-electron chi connectivity index (χ0n) is 19.4. The predicted octanol–water partition coefficient (Wildman–Crippen LogP) is 5.15. The van der Waals surface area contributed by atoms with E-state index in [9.17, 15) is 14.7 Å². The van der Waals surface area contributed by atoms with Gasteiger partial charge in [-0.3, -0.25) is 14.6 Å². The summed E-state index contributed by atoms with van der Waals surface area (Å²) in [6.07, 6.45) is 4.10. The largest absolute Gasteiger partial charge is 0.507 e. The number of hydrogen-bond acceptors (Lipinski definition) is 6. The fourth-order valence-corrected chi connectivity index (χ4v) is 4.15. The van der Waals surface area contributed by atoms with E-state index in [1.165, 1.54) is 12.0 Å². The van der Waals surface area contributed by atoms with Crippen molar-refractivity contribution >= 4 is 29.1 Å². The van der Waals surface area contributed by atoms with Crippen LogP contribution in [0.3, 0.4) is 0 Å². The maximum Gasteiger partial charge on any atom is 0.295 e. The van der Waals surface area contributed by atoms with Crippen LogP contribution in [0.15, 0.2) is 72.6 Å². The maximum absolute atomic E-state index is 13.2. The number of pyridine rings is 1. The monoisotopic (exact) mass is 492 g/mol. The van der Waals surface area contributed by atoms with E-state index in [-0.39, 0.29) is 17.9 Å². The van der Waals surface area contributed by atoms with Crippen molar-refractivity contribution in [3.63, 3.8) is 0 Å². The van der Waals surface area contributed by atoms with Gasteiger partial charge in [-0.05, 0) is 60.0 Å². The standard InChI is InChI=1S/C27H25ClN2O5/c1-3-13-35-21-11-8-19(14-22(21)34-2)24-23(25(31)18-6-9-20(28)10-7-18)26(32)27(33)30(24)16-17-5-4-12-29-15-17/h4-12,14-15,24,31H,3,13,16H2,1-2H3/b25-23+/t24-/m0/s1. The van der Waals surface area contributed by atoms with Gasteiger partial charge in [0.05, 0.1) is 25.3 Å². The first-order valence-corrected chi connectivity index (χ1v) is 11.6. The highest BCUT2D eigenvalue weighted by molar-refractivity contribution is 6.46. The minimum absolute atomic E-state index is 0.00880. The Kier molecular flexibility index (Phi) is 7.36. The van der Waals surface area contributed by atoms with Crippen molar-refractivity contribution in [1.82, 2.24) is 9.88 Å². The van der Waals surface area contributed by atoms with E-state index < -0.39 is 17.7 Å². The third-order valence-corrected chi connectivity index (χ3v) is 5.95. The Morgan fingerprint density at radius 3 is 2.54 bits per heavy atom. The average Bonchev–Trinajstić information content (AvgIpc) is 3.13. The average molecular weight is 493 g/mol. The van der Waals surface area contributed by atoms with Gasteiger partial charge >= 0.3 is 0 Å². The topological polar surface area (TPSA) is 89.0 Å². The van der Waals surface area contributed by atoms with Gasteiger partial charge in [0.25, 0.3) is 11.7 Å². The van der Waals surface area contributed by atoms with Crippen LogP contribution in [-0.4, -0.2) is 40.4 Å². The Labute approximate surface area is 208 Å². The van der Waals surface area contributed by atoms with Crippen molar-refractivity contribution in [2.75, 3.05) is 13.7 Å². The summed E-state index contributed by atoms with van der Waals surface area (Å²) in [5.74, 6) is -0.727. The van der Waals surface area contributed by atoms with E-state index in [0.29, 0.717) is 34.3 Å². The zero-order valence-corrected chi connectivity index (χ0v) is 20.2. The number of Topliss-reactive ketones (excluding diaryl/α,β-unsaturated/α-hetero) is 1. The Morgan fingerprint density at radius 1 is 1.11 bits per heavy atom. The molecule has 3 aromatic rings. The van der Waals surface area contributed by atoms with Crippen LogP contribution in [0.5, 0.6) is 11.5 Å². The number of rotatable bonds is 8. The van der Waals surface area contributed by atoms with Crippen LogP contribution in [0.1, 0.15) is 36.1 Å². The van der Waals surface area contributed by atoms with Gasteiger partial charge in [-0.1, -0.05) is 30.7 Å². The molecule has 1 fully saturated rings. The van der Waals surface area contributed by atoms with E-state index in [1.54, 1.807) is 60.9 Å². The van der Waals surface area contributed by atoms with E-state index in [4.69, 9.17) is 21.1 Å². The smallest absolute Gasteiger partial charge is 0.295 e. The molecule has 180 valence electrons. The molecule has 35 heavy (non-hydrogen) atoms. The van der Waals surface area contributed by atoms with Crippen LogP contribution < -0.4 is 9.47 Å². The maximum atomic E-state index is 13.2. The molecule has 1 N–H and O–H groups in total. The van der Waals surface area contributed by atoms with Gasteiger partial charge in [0.1, 0.15) is 5.76 Å². The van der Waals surface area contributed by atoms with Crippen LogP contribution in [0.25, 0.3) is 5.76 Å². The molecule has 1 aliphatic heterocycles. The van der Waals surface area contributed by atoms with Crippen LogP contribution in [-0.2, 0) is 16.1 Å². The second kappa shape index (κ2) is 10.6. The molecule has 2 aromatic carbocycles. The number of ketones is 1. The van der Waals surface area contributed by atoms with Crippen molar-refractivity contribution in [2.24, 2.45) is 0 Å². The minimum Gasteiger partial charge on any atom is -0.507 e. The molecule has 1 atom stereocenters. The zero-order chi connectivity index (χ0) is 24.9. The normalized spacial score (nSPS) is 17.0. The molecule has 2 heterocycles. The molecular weight excluding hydrogens is 468 g/mol. The van der Waals surface area contributed by atoms with Gasteiger partial charge in [0.15, 0.2) is 11.5 Å². The van der Waals surface area contributed by atoms with Crippen LogP contribution in [0.4, 0.5) is 0 Å². The van der Waals surface area contributed by atoms with Crippen LogP contribution in [0, 0.1) is 0 Å². The van der Waals surface area contributed by atoms with Gasteiger partial charge in [-0.15, -0.1) is 0 Å². The fraction of sp³-hybridized carbons (Fsp3) is 0.222. The molecule has 8 heteroatoms. The summed E-state index contributed by atoms with van der Waals surface area (Å²) in [7, 11) is 1.53. The summed E-state index contributed by atoms with van der Waals surface area (Å²) in [5, 5.41) is 11.7. The Bertz CT molecular complexity index is 1260. The number of likely N-dealkylation sites (tertiary alicyclic amines) is 1. The van der Waals surface area contributed by atoms with Crippen molar-refractivity contribution < 1.29 is 24.2 Å². The lowest BCUT2D eigenvalue weighted by molar-refractivity contribution is -0.140. The molecule has 0 unspecified atom stereocenters. The third kappa shape index (κ3) is 5.00. The summed E-state index contributed by atoms with van der Waals surface area (Å²) < 4.78 is 11.3. The molecule has 1 amide bonds. The molecule has 7 nitrogen and oxygen atoms in total. The number of methoxy groups -OCH3 is 1. The molecule has 0 saturated carbocycles. The lowest BCUT2D eigenvalue weighted by Crippen LogP contribution is -2.29. The van der Waals surface area contributed by atoms with Crippen molar-refractivity contribution in [2.45, 2.75) is 25.9 Å². The number of carbonyl (C=O) groups excluding carboxylic acids is 2. The molecule has 1 aliphatic rings. The number of carbonyl (C=O) groups is 2. The van der Waals surface area contributed by atoms with Crippen molar-refractivity contribution in [3.8, 4) is 11.5 Å². The van der Waals surface area contributed by atoms with E-state index in [0.717, 1.165) is 12.0 Å². The minimum atomic E-state index is -0.847. The van der Waals surface area contributed by atoms with Gasteiger partial charge in [0.2, 0.25) is 0 Å². The van der Waals surface area contributed by atoms with E-state index >= 15 is 0 Å². The van der Waals surface area contributed by atoms with Crippen molar-refractivity contribution in [1.29, 1.82) is 0 Å². The fourth-order valence-electron chi connectivity index (χ4n) is 4.03. The molecule has 0 radical (unpaired) electrons. The predicted molar refractivity (Wildman–Crippen MR) is 132 cm³/mol. The first kappa shape index (κ1) is 24.3. The first-order chi connectivity index (χ1) is 16.9. The lowest BCUT2D eigenvalue weighted by atomic mass is 9.95. The summed E-state index contributed by atoms with van der Waals surface area (Å²) >= 11 is 5.99. The SMILES string of the molecule is CCCOc1ccc([C@H]2/C(=C(\O)c3ccc(Cl)cc3)C(=O)C(=O)N2Cc2cccnc2)cc1OC. The number of aliphatic hydroxyl groups excluding tert-OH is 1. The molecule has 1 aromatic heterocycles. The number of aliphatic hydroxyl groups is 1. The van der Waals surface area contributed by atoms with E-state index in [1.807, 2.05) is 13.0 Å². The summed E-state index contributed by atoms with van der Waals surface area (Å²) in [6.45, 7) is 2.66. The first-order valence-electron chi connectivity index (χ1n) is 11.2. The Morgan fingerprint density at radius 2 is 1.89 bits per heavy atom. The van der Waals surface area contributed by atoms with Crippen LogP contribution >= 0.6 is 11.6 Å².